The van der Waals surface area contributed by atoms with Gasteiger partial charge in [0.2, 0.25) is 0 Å². The summed E-state index contributed by atoms with van der Waals surface area (Å²) in [6, 6.07) is 16.4. The van der Waals surface area contributed by atoms with Crippen LogP contribution in [-0.4, -0.2) is 35.0 Å². The summed E-state index contributed by atoms with van der Waals surface area (Å²) >= 11 is 0. The first-order valence-corrected chi connectivity index (χ1v) is 7.33. The van der Waals surface area contributed by atoms with E-state index in [0.717, 1.165) is 6.42 Å². The number of hydrogen-bond donors (Lipinski definition) is 1. The number of rotatable bonds is 3. The molecular weight excluding hydrogens is 278 g/mol. The summed E-state index contributed by atoms with van der Waals surface area (Å²) in [4.78, 5) is 25.3. The molecule has 0 unspecified atom stereocenters. The third-order valence-corrected chi connectivity index (χ3v) is 4.10. The Morgan fingerprint density at radius 3 is 2.45 bits per heavy atom. The lowest BCUT2D eigenvalue weighted by molar-refractivity contribution is 0.0697. The molecule has 1 atom stereocenters. The molecular formula is C18H17NO3. The molecule has 112 valence electrons. The van der Waals surface area contributed by atoms with Crippen LogP contribution in [0, 0.1) is 0 Å². The van der Waals surface area contributed by atoms with Gasteiger partial charge in [-0.3, -0.25) is 4.79 Å². The van der Waals surface area contributed by atoms with E-state index in [-0.39, 0.29) is 11.5 Å². The van der Waals surface area contributed by atoms with Gasteiger partial charge in [-0.15, -0.1) is 0 Å². The van der Waals surface area contributed by atoms with Gasteiger partial charge in [-0.25, -0.2) is 4.79 Å². The normalized spacial score (nSPS) is 17.5. The topological polar surface area (TPSA) is 57.6 Å². The Labute approximate surface area is 129 Å². The molecule has 0 bridgehead atoms. The Hall–Kier alpha value is -2.62. The highest BCUT2D eigenvalue weighted by Gasteiger charge is 2.28. The second-order valence-corrected chi connectivity index (χ2v) is 5.53. The molecule has 2 aromatic rings. The van der Waals surface area contributed by atoms with Crippen LogP contribution >= 0.6 is 0 Å². The van der Waals surface area contributed by atoms with Gasteiger partial charge in [0.05, 0.1) is 5.56 Å². The number of amides is 1. The van der Waals surface area contributed by atoms with Gasteiger partial charge < -0.3 is 10.0 Å². The number of nitrogens with zero attached hydrogens (tertiary/aromatic N) is 1. The Morgan fingerprint density at radius 2 is 1.73 bits per heavy atom. The van der Waals surface area contributed by atoms with Crippen LogP contribution in [0.1, 0.15) is 38.6 Å². The van der Waals surface area contributed by atoms with Crippen LogP contribution in [0.5, 0.6) is 0 Å². The molecule has 0 radical (unpaired) electrons. The highest BCUT2D eigenvalue weighted by molar-refractivity contribution is 5.97. The lowest BCUT2D eigenvalue weighted by Gasteiger charge is -2.17. The fourth-order valence-corrected chi connectivity index (χ4v) is 2.91. The lowest BCUT2D eigenvalue weighted by Crippen LogP contribution is -2.28. The fraction of sp³-hybridized carbons (Fsp3) is 0.222. The van der Waals surface area contributed by atoms with Crippen molar-refractivity contribution in [3.63, 3.8) is 0 Å². The quantitative estimate of drug-likeness (QED) is 0.947. The van der Waals surface area contributed by atoms with Gasteiger partial charge in [0.25, 0.3) is 5.91 Å². The summed E-state index contributed by atoms with van der Waals surface area (Å²) in [5, 5.41) is 9.02. The Morgan fingerprint density at radius 1 is 1.00 bits per heavy atom. The number of likely N-dealkylation sites (tertiary alicyclic amines) is 1. The second kappa shape index (κ2) is 6.02. The van der Waals surface area contributed by atoms with E-state index in [1.807, 2.05) is 18.2 Å². The van der Waals surface area contributed by atoms with Crippen LogP contribution in [-0.2, 0) is 0 Å². The maximum Gasteiger partial charge on any atom is 0.335 e. The minimum Gasteiger partial charge on any atom is -0.478 e. The molecule has 4 nitrogen and oxygen atoms in total. The number of carbonyl (C=O) groups excluding carboxylic acids is 1. The molecule has 1 aliphatic heterocycles. The van der Waals surface area contributed by atoms with Crippen molar-refractivity contribution in [2.24, 2.45) is 0 Å². The maximum atomic E-state index is 12.5. The van der Waals surface area contributed by atoms with E-state index in [0.29, 0.717) is 24.6 Å². The van der Waals surface area contributed by atoms with E-state index in [1.54, 1.807) is 17.0 Å². The summed E-state index contributed by atoms with van der Waals surface area (Å²) in [5.41, 5.74) is 1.83. The summed E-state index contributed by atoms with van der Waals surface area (Å²) < 4.78 is 0. The highest BCUT2D eigenvalue weighted by Crippen LogP contribution is 2.28. The fourth-order valence-electron chi connectivity index (χ4n) is 2.91. The zero-order valence-corrected chi connectivity index (χ0v) is 12.1. The lowest BCUT2D eigenvalue weighted by atomic mass is 9.99. The predicted octanol–water partition coefficient (Wildman–Crippen LogP) is 3.01. The van der Waals surface area contributed by atoms with E-state index in [1.165, 1.54) is 17.7 Å². The first-order chi connectivity index (χ1) is 10.6. The monoisotopic (exact) mass is 295 g/mol. The zero-order valence-electron chi connectivity index (χ0n) is 12.1. The van der Waals surface area contributed by atoms with E-state index >= 15 is 0 Å². The molecule has 0 aromatic heterocycles. The van der Waals surface area contributed by atoms with Gasteiger partial charge in [-0.1, -0.05) is 36.4 Å². The Bertz CT molecular complexity index is 696. The predicted molar refractivity (Wildman–Crippen MR) is 83.1 cm³/mol. The average molecular weight is 295 g/mol. The summed E-state index contributed by atoms with van der Waals surface area (Å²) in [6.45, 7) is 1.38. The molecule has 3 rings (SSSR count). The molecule has 1 fully saturated rings. The van der Waals surface area contributed by atoms with Gasteiger partial charge in [-0.2, -0.15) is 0 Å². The first kappa shape index (κ1) is 14.3. The van der Waals surface area contributed by atoms with E-state index in [9.17, 15) is 9.59 Å². The van der Waals surface area contributed by atoms with Gasteiger partial charge in [0.1, 0.15) is 0 Å². The van der Waals surface area contributed by atoms with Crippen molar-refractivity contribution < 1.29 is 14.7 Å². The molecule has 0 saturated carbocycles. The third-order valence-electron chi connectivity index (χ3n) is 4.10. The molecule has 0 spiro atoms. The molecule has 1 amide bonds. The molecule has 4 heteroatoms. The van der Waals surface area contributed by atoms with Crippen molar-refractivity contribution in [3.05, 3.63) is 71.3 Å². The third kappa shape index (κ3) is 2.86. The van der Waals surface area contributed by atoms with Crippen molar-refractivity contribution in [3.8, 4) is 0 Å². The van der Waals surface area contributed by atoms with Crippen LogP contribution in [0.3, 0.4) is 0 Å². The van der Waals surface area contributed by atoms with Crippen molar-refractivity contribution in [2.75, 3.05) is 13.1 Å². The molecule has 2 aromatic carbocycles. The standard InChI is InChI=1S/C18H17NO3/c20-17(14-7-4-8-15(11-14)18(21)22)19-10-9-16(12-19)13-5-2-1-3-6-13/h1-8,11,16H,9-10,12H2,(H,21,22)/t16-/m1/s1. The van der Waals surface area contributed by atoms with E-state index < -0.39 is 5.97 Å². The van der Waals surface area contributed by atoms with Gasteiger partial charge in [0, 0.05) is 24.6 Å². The minimum atomic E-state index is -1.02. The van der Waals surface area contributed by atoms with Crippen molar-refractivity contribution in [1.82, 2.24) is 4.90 Å². The van der Waals surface area contributed by atoms with E-state index in [4.69, 9.17) is 5.11 Å². The first-order valence-electron chi connectivity index (χ1n) is 7.33. The molecule has 22 heavy (non-hydrogen) atoms. The Balaban J connectivity index is 1.74. The summed E-state index contributed by atoms with van der Waals surface area (Å²) in [5.74, 6) is -0.757. The number of aromatic carboxylic acids is 1. The van der Waals surface area contributed by atoms with Gasteiger partial charge in [0.15, 0.2) is 0 Å². The number of carboxylic acid groups (broad SMARTS) is 1. The molecule has 1 N–H and O–H groups in total. The smallest absolute Gasteiger partial charge is 0.335 e. The highest BCUT2D eigenvalue weighted by atomic mass is 16.4. The Kier molecular flexibility index (Phi) is 3.92. The van der Waals surface area contributed by atoms with Crippen molar-refractivity contribution in [2.45, 2.75) is 12.3 Å². The largest absolute Gasteiger partial charge is 0.478 e. The van der Waals surface area contributed by atoms with Crippen molar-refractivity contribution in [1.29, 1.82) is 0 Å². The number of hydrogen-bond acceptors (Lipinski definition) is 2. The second-order valence-electron chi connectivity index (χ2n) is 5.53. The van der Waals surface area contributed by atoms with Crippen LogP contribution < -0.4 is 0 Å². The number of carbonyl (C=O) groups is 2. The molecule has 1 aliphatic rings. The minimum absolute atomic E-state index is 0.0958. The molecule has 0 aliphatic carbocycles. The molecule has 1 heterocycles. The summed E-state index contributed by atoms with van der Waals surface area (Å²) in [6.07, 6.45) is 0.939. The van der Waals surface area contributed by atoms with Crippen LogP contribution in [0.4, 0.5) is 0 Å². The zero-order chi connectivity index (χ0) is 15.5. The van der Waals surface area contributed by atoms with Crippen molar-refractivity contribution >= 4 is 11.9 Å². The van der Waals surface area contributed by atoms with Gasteiger partial charge in [-0.05, 0) is 30.2 Å². The maximum absolute atomic E-state index is 12.5. The average Bonchev–Trinajstić information content (AvgIpc) is 3.05. The van der Waals surface area contributed by atoms with Crippen LogP contribution in [0.2, 0.25) is 0 Å². The number of carboxylic acids is 1. The van der Waals surface area contributed by atoms with Gasteiger partial charge >= 0.3 is 5.97 Å². The SMILES string of the molecule is O=C(O)c1cccc(C(=O)N2CC[C@@H](c3ccccc3)C2)c1. The summed E-state index contributed by atoms with van der Waals surface area (Å²) in [7, 11) is 0. The van der Waals surface area contributed by atoms with Crippen LogP contribution in [0.25, 0.3) is 0 Å². The molecule has 1 saturated heterocycles. The van der Waals surface area contributed by atoms with Crippen LogP contribution in [0.15, 0.2) is 54.6 Å². The van der Waals surface area contributed by atoms with E-state index in [2.05, 4.69) is 12.1 Å². The number of benzene rings is 2.